The van der Waals surface area contributed by atoms with Gasteiger partial charge in [0.05, 0.1) is 5.92 Å². The van der Waals surface area contributed by atoms with Gasteiger partial charge in [0.25, 0.3) is 0 Å². The molecule has 2 aliphatic carbocycles. The van der Waals surface area contributed by atoms with Gasteiger partial charge in [-0.1, -0.05) is 0 Å². The largest absolute Gasteiger partial charge is 0.399 e. The first-order valence-corrected chi connectivity index (χ1v) is 12.1. The molecule has 196 valence electrons. The summed E-state index contributed by atoms with van der Waals surface area (Å²) in [5.41, 5.74) is 19.8. The van der Waals surface area contributed by atoms with Crippen molar-refractivity contribution in [3.05, 3.63) is 70.9 Å². The lowest BCUT2D eigenvalue weighted by atomic mass is 9.88. The van der Waals surface area contributed by atoms with Crippen LogP contribution in [0.4, 0.5) is 11.4 Å². The fraction of sp³-hybridized carbons (Fsp3) is 0.321. The first kappa shape index (κ1) is 29.0. The molecule has 0 bridgehead atoms. The molecule has 2 aliphatic rings. The summed E-state index contributed by atoms with van der Waals surface area (Å²) in [6, 6.07) is 13.4. The normalized spacial score (nSPS) is 15.7. The Balaban J connectivity index is 0.000000214. The second-order valence-electron chi connectivity index (χ2n) is 8.94. The van der Waals surface area contributed by atoms with E-state index in [4.69, 9.17) is 17.2 Å². The van der Waals surface area contributed by atoms with E-state index < -0.39 is 11.8 Å². The zero-order chi connectivity index (χ0) is 27.5. The molecule has 9 nitrogen and oxygen atoms in total. The Bertz CT molecular complexity index is 1170. The number of ketones is 3. The predicted molar refractivity (Wildman–Crippen MR) is 143 cm³/mol. The summed E-state index contributed by atoms with van der Waals surface area (Å²) >= 11 is 0. The number of anilines is 2. The molecule has 2 amide bonds. The number of nitrogens with one attached hydrogen (secondary N) is 1. The summed E-state index contributed by atoms with van der Waals surface area (Å²) in [7, 11) is 0. The number of hydrogen-bond donors (Lipinski definition) is 4. The monoisotopic (exact) mass is 506 g/mol. The predicted octanol–water partition coefficient (Wildman–Crippen LogP) is 3.54. The molecule has 0 atom stereocenters. The highest BCUT2D eigenvalue weighted by molar-refractivity contribution is 6.04. The third-order valence-corrected chi connectivity index (χ3v) is 6.17. The van der Waals surface area contributed by atoms with E-state index in [1.165, 1.54) is 0 Å². The summed E-state index contributed by atoms with van der Waals surface area (Å²) in [6.07, 6.45) is 4.38. The van der Waals surface area contributed by atoms with Crippen molar-refractivity contribution in [1.29, 1.82) is 0 Å². The first-order chi connectivity index (χ1) is 17.5. The van der Waals surface area contributed by atoms with Gasteiger partial charge in [0.2, 0.25) is 11.8 Å². The standard InChI is InChI=1S/C14H16N2O2.C7H8N2O.C7H10O2/c1-9-12(3-2-4-13(9)17)16-11-7-5-10(6-8-11)14(15)18;8-6-3-1-5(2-4-6)7(9)10;1-5-6(8)3-2-4-7(5)9/h5-8,16H,2-4H2,1H3,(H2,15,18);1-4H,8H2,(H2,9,10);5H,2-4H2,1H3. The number of carbonyl (C=O) groups excluding carboxylic acids is 5. The highest BCUT2D eigenvalue weighted by Crippen LogP contribution is 2.23. The number of benzene rings is 2. The number of carbonyl (C=O) groups is 5. The Labute approximate surface area is 216 Å². The summed E-state index contributed by atoms with van der Waals surface area (Å²) in [4.78, 5) is 54.6. The zero-order valence-corrected chi connectivity index (χ0v) is 21.2. The Kier molecular flexibility index (Phi) is 10.7. The maximum atomic E-state index is 11.6. The van der Waals surface area contributed by atoms with Gasteiger partial charge in [0.15, 0.2) is 5.78 Å². The number of hydrogen-bond acceptors (Lipinski definition) is 7. The second-order valence-corrected chi connectivity index (χ2v) is 8.94. The Morgan fingerprint density at radius 2 is 1.22 bits per heavy atom. The van der Waals surface area contributed by atoms with E-state index in [-0.39, 0.29) is 23.3 Å². The fourth-order valence-corrected chi connectivity index (χ4v) is 3.71. The molecule has 1 fully saturated rings. The van der Waals surface area contributed by atoms with E-state index in [0.29, 0.717) is 36.1 Å². The van der Waals surface area contributed by atoms with Crippen LogP contribution in [0.3, 0.4) is 0 Å². The summed E-state index contributed by atoms with van der Waals surface area (Å²) in [5, 5.41) is 3.23. The summed E-state index contributed by atoms with van der Waals surface area (Å²) in [6.45, 7) is 3.55. The molecule has 0 saturated heterocycles. The minimum atomic E-state index is -0.440. The smallest absolute Gasteiger partial charge is 0.248 e. The van der Waals surface area contributed by atoms with Gasteiger partial charge in [-0.05, 0) is 81.6 Å². The van der Waals surface area contributed by atoms with E-state index in [1.54, 1.807) is 55.5 Å². The minimum Gasteiger partial charge on any atom is -0.399 e. The van der Waals surface area contributed by atoms with Crippen molar-refractivity contribution in [3.63, 3.8) is 0 Å². The van der Waals surface area contributed by atoms with Gasteiger partial charge in [0.1, 0.15) is 11.6 Å². The zero-order valence-electron chi connectivity index (χ0n) is 21.2. The number of allylic oxidation sites excluding steroid dienone is 2. The molecule has 0 radical (unpaired) electrons. The Morgan fingerprint density at radius 3 is 1.68 bits per heavy atom. The van der Waals surface area contributed by atoms with Crippen LogP contribution in [0.1, 0.15) is 73.1 Å². The summed E-state index contributed by atoms with van der Waals surface area (Å²) < 4.78 is 0. The number of amides is 2. The van der Waals surface area contributed by atoms with Crippen LogP contribution in [-0.2, 0) is 14.4 Å². The molecule has 2 aromatic rings. The van der Waals surface area contributed by atoms with E-state index in [9.17, 15) is 24.0 Å². The number of nitrogens with two attached hydrogens (primary N) is 3. The Morgan fingerprint density at radius 1 is 0.757 bits per heavy atom. The molecule has 1 saturated carbocycles. The number of primary amides is 2. The lowest BCUT2D eigenvalue weighted by molar-refractivity contribution is -0.134. The fourth-order valence-electron chi connectivity index (χ4n) is 3.71. The van der Waals surface area contributed by atoms with Crippen LogP contribution in [0.2, 0.25) is 0 Å². The number of Topliss-reactive ketones (excluding diaryl/α,β-unsaturated/α-hetero) is 3. The van der Waals surface area contributed by atoms with Crippen LogP contribution in [0, 0.1) is 5.92 Å². The minimum absolute atomic E-state index is 0.117. The third-order valence-electron chi connectivity index (χ3n) is 6.17. The van der Waals surface area contributed by atoms with Crippen molar-refractivity contribution < 1.29 is 24.0 Å². The van der Waals surface area contributed by atoms with Gasteiger partial charge in [0, 0.05) is 53.0 Å². The van der Waals surface area contributed by atoms with Gasteiger partial charge >= 0.3 is 0 Å². The van der Waals surface area contributed by atoms with Crippen LogP contribution in [0.5, 0.6) is 0 Å². The molecule has 0 spiro atoms. The van der Waals surface area contributed by atoms with E-state index in [0.717, 1.165) is 36.2 Å². The van der Waals surface area contributed by atoms with Gasteiger partial charge in [-0.25, -0.2) is 0 Å². The van der Waals surface area contributed by atoms with E-state index in [2.05, 4.69) is 5.32 Å². The van der Waals surface area contributed by atoms with Crippen molar-refractivity contribution in [2.75, 3.05) is 11.1 Å². The molecule has 0 aliphatic heterocycles. The Hall–Kier alpha value is -4.27. The molecule has 0 heterocycles. The van der Waals surface area contributed by atoms with Crippen molar-refractivity contribution >= 4 is 40.5 Å². The van der Waals surface area contributed by atoms with Crippen LogP contribution in [-0.4, -0.2) is 29.2 Å². The lowest BCUT2D eigenvalue weighted by Gasteiger charge is -2.18. The quantitative estimate of drug-likeness (QED) is 0.362. The van der Waals surface area contributed by atoms with Crippen molar-refractivity contribution in [1.82, 2.24) is 0 Å². The highest BCUT2D eigenvalue weighted by atomic mass is 16.2. The van der Waals surface area contributed by atoms with E-state index >= 15 is 0 Å². The lowest BCUT2D eigenvalue weighted by Crippen LogP contribution is -2.25. The number of rotatable bonds is 4. The van der Waals surface area contributed by atoms with Gasteiger partial charge < -0.3 is 22.5 Å². The van der Waals surface area contributed by atoms with Gasteiger partial charge in [-0.2, -0.15) is 0 Å². The SMILES string of the molecule is CC1=C(Nc2ccc(C(N)=O)cc2)CCCC1=O.CC1C(=O)CCCC1=O.NC(=O)c1ccc(N)cc1. The average molecular weight is 507 g/mol. The molecule has 37 heavy (non-hydrogen) atoms. The second kappa shape index (κ2) is 13.7. The van der Waals surface area contributed by atoms with Gasteiger partial charge in [-0.15, -0.1) is 0 Å². The molecule has 9 heteroatoms. The highest BCUT2D eigenvalue weighted by Gasteiger charge is 2.24. The third kappa shape index (κ3) is 9.03. The average Bonchev–Trinajstić information content (AvgIpc) is 2.87. The molecule has 4 rings (SSSR count). The van der Waals surface area contributed by atoms with Crippen LogP contribution in [0.25, 0.3) is 0 Å². The van der Waals surface area contributed by atoms with Gasteiger partial charge in [-0.3, -0.25) is 24.0 Å². The first-order valence-electron chi connectivity index (χ1n) is 12.1. The van der Waals surface area contributed by atoms with Crippen molar-refractivity contribution in [2.45, 2.75) is 52.4 Å². The molecule has 0 unspecified atom stereocenters. The van der Waals surface area contributed by atoms with Crippen LogP contribution >= 0.6 is 0 Å². The molecule has 7 N–H and O–H groups in total. The topological polar surface area (TPSA) is 175 Å². The maximum Gasteiger partial charge on any atom is 0.248 e. The maximum absolute atomic E-state index is 11.6. The molecular weight excluding hydrogens is 472 g/mol. The van der Waals surface area contributed by atoms with Crippen molar-refractivity contribution in [3.8, 4) is 0 Å². The summed E-state index contributed by atoms with van der Waals surface area (Å²) in [5.74, 6) is -0.737. The molecule has 2 aromatic carbocycles. The molecular formula is C28H34N4O5. The van der Waals surface area contributed by atoms with E-state index in [1.807, 2.05) is 6.92 Å². The van der Waals surface area contributed by atoms with Crippen LogP contribution < -0.4 is 22.5 Å². The van der Waals surface area contributed by atoms with Crippen molar-refractivity contribution in [2.24, 2.45) is 17.4 Å². The molecule has 0 aromatic heterocycles. The number of nitrogen functional groups attached to an aromatic ring is 1. The van der Waals surface area contributed by atoms with Crippen LogP contribution in [0.15, 0.2) is 59.8 Å².